The summed E-state index contributed by atoms with van der Waals surface area (Å²) in [7, 11) is -5.10. The van der Waals surface area contributed by atoms with Crippen LogP contribution in [0.25, 0.3) is 0 Å². The van der Waals surface area contributed by atoms with Crippen molar-refractivity contribution in [3.63, 3.8) is 0 Å². The Morgan fingerprint density at radius 2 is 1.38 bits per heavy atom. The van der Waals surface area contributed by atoms with Gasteiger partial charge in [-0.15, -0.1) is 0 Å². The summed E-state index contributed by atoms with van der Waals surface area (Å²) in [6.45, 7) is 3.08. The van der Waals surface area contributed by atoms with Gasteiger partial charge in [0, 0.05) is 0 Å². The molecular formula is C33H63NO12S. The Morgan fingerprint density at radius 3 is 1.91 bits per heavy atom. The summed E-state index contributed by atoms with van der Waals surface area (Å²) in [5, 5.41) is 54.5. The van der Waals surface area contributed by atoms with E-state index >= 15 is 0 Å². The molecule has 1 rings (SSSR count). The van der Waals surface area contributed by atoms with Crippen LogP contribution < -0.4 is 5.32 Å². The zero-order valence-corrected chi connectivity index (χ0v) is 29.3. The normalized spacial score (nSPS) is 24.0. The zero-order chi connectivity index (χ0) is 35.1. The fourth-order valence-corrected chi connectivity index (χ4v) is 6.02. The van der Waals surface area contributed by atoms with E-state index in [4.69, 9.17) is 14.0 Å². The summed E-state index contributed by atoms with van der Waals surface area (Å²) in [5.41, 5.74) is 0. The predicted octanol–water partition coefficient (Wildman–Crippen LogP) is 3.45. The van der Waals surface area contributed by atoms with Gasteiger partial charge in [-0.2, -0.15) is 8.42 Å². The molecule has 0 saturated carbocycles. The minimum Gasteiger partial charge on any atom is -0.394 e. The lowest BCUT2D eigenvalue weighted by Crippen LogP contribution is -2.61. The van der Waals surface area contributed by atoms with Crippen molar-refractivity contribution in [3.05, 3.63) is 12.2 Å². The van der Waals surface area contributed by atoms with Crippen molar-refractivity contribution in [1.29, 1.82) is 0 Å². The van der Waals surface area contributed by atoms with E-state index in [9.17, 15) is 38.7 Å². The first-order valence-corrected chi connectivity index (χ1v) is 19.0. The Labute approximate surface area is 282 Å². The van der Waals surface area contributed by atoms with Crippen LogP contribution in [0, 0.1) is 0 Å². The lowest BCUT2D eigenvalue weighted by atomic mass is 9.99. The first-order valence-electron chi connectivity index (χ1n) is 17.7. The molecule has 1 saturated heterocycles. The smallest absolute Gasteiger partial charge is 0.394 e. The number of hydrogen-bond donors (Lipinski definition) is 7. The quantitative estimate of drug-likeness (QED) is 0.0356. The van der Waals surface area contributed by atoms with Crippen LogP contribution >= 0.6 is 0 Å². The topological polar surface area (TPSA) is 212 Å². The minimum atomic E-state index is -5.10. The molecule has 7 N–H and O–H groups in total. The number of aliphatic hydroxyl groups is 5. The third-order valence-corrected chi connectivity index (χ3v) is 8.89. The van der Waals surface area contributed by atoms with E-state index in [1.165, 1.54) is 51.0 Å². The molecule has 13 nitrogen and oxygen atoms in total. The summed E-state index contributed by atoms with van der Waals surface area (Å²) < 4.78 is 47.0. The molecule has 0 aromatic heterocycles. The fraction of sp³-hybridized carbons (Fsp3) is 0.909. The highest BCUT2D eigenvalue weighted by molar-refractivity contribution is 7.80. The maximum atomic E-state index is 12.9. The molecule has 0 spiro atoms. The molecule has 1 heterocycles. The second-order valence-electron chi connectivity index (χ2n) is 12.6. The van der Waals surface area contributed by atoms with Crippen molar-refractivity contribution in [2.75, 3.05) is 13.2 Å². The van der Waals surface area contributed by atoms with Crippen molar-refractivity contribution in [2.45, 2.75) is 178 Å². The first-order chi connectivity index (χ1) is 22.4. The number of hydrogen-bond acceptors (Lipinski definition) is 11. The number of aliphatic hydroxyl groups excluding tert-OH is 5. The van der Waals surface area contributed by atoms with Gasteiger partial charge in [0.25, 0.3) is 0 Å². The number of carbonyl (C=O) groups is 1. The molecule has 14 heteroatoms. The lowest BCUT2D eigenvalue weighted by Gasteiger charge is -2.41. The van der Waals surface area contributed by atoms with Crippen molar-refractivity contribution in [2.24, 2.45) is 0 Å². The van der Waals surface area contributed by atoms with Gasteiger partial charge in [-0.05, 0) is 19.3 Å². The highest BCUT2D eigenvalue weighted by Crippen LogP contribution is 2.26. The predicted molar refractivity (Wildman–Crippen MR) is 178 cm³/mol. The largest absolute Gasteiger partial charge is 0.397 e. The Kier molecular flexibility index (Phi) is 24.0. The van der Waals surface area contributed by atoms with Crippen LogP contribution in [-0.2, 0) is 28.9 Å². The van der Waals surface area contributed by atoms with Crippen molar-refractivity contribution in [3.8, 4) is 0 Å². The Morgan fingerprint density at radius 1 is 0.851 bits per heavy atom. The SMILES string of the molecule is CCCCCCC/C=C/C(O)C(COC1OC(CO)C(O)C(OS(=O)(=O)O)C1O)NC(=O)C(O)CCCCCCCCCCCCC. The average Bonchev–Trinajstić information content (AvgIpc) is 3.03. The third-order valence-electron chi connectivity index (χ3n) is 8.43. The fourth-order valence-electron chi connectivity index (χ4n) is 5.52. The van der Waals surface area contributed by atoms with Gasteiger partial charge in [0.2, 0.25) is 5.91 Å². The molecule has 0 bridgehead atoms. The van der Waals surface area contributed by atoms with Gasteiger partial charge in [0.1, 0.15) is 30.5 Å². The van der Waals surface area contributed by atoms with E-state index in [1.807, 2.05) is 0 Å². The molecule has 1 aliphatic rings. The number of amides is 1. The van der Waals surface area contributed by atoms with Crippen molar-refractivity contribution in [1.82, 2.24) is 5.32 Å². The first kappa shape index (κ1) is 43.8. The van der Waals surface area contributed by atoms with Gasteiger partial charge < -0.3 is 40.3 Å². The van der Waals surface area contributed by atoms with Gasteiger partial charge in [-0.1, -0.05) is 122 Å². The lowest BCUT2D eigenvalue weighted by molar-refractivity contribution is -0.298. The van der Waals surface area contributed by atoms with Crippen molar-refractivity contribution >= 4 is 16.3 Å². The van der Waals surface area contributed by atoms with E-state index < -0.39 is 78.5 Å². The van der Waals surface area contributed by atoms with E-state index in [2.05, 4.69) is 23.3 Å². The highest BCUT2D eigenvalue weighted by atomic mass is 32.3. The Hall–Kier alpha value is -1.20. The minimum absolute atomic E-state index is 0.245. The average molecular weight is 698 g/mol. The van der Waals surface area contributed by atoms with E-state index in [-0.39, 0.29) is 6.42 Å². The van der Waals surface area contributed by atoms with E-state index in [0.717, 1.165) is 51.4 Å². The standard InChI is InChI=1S/C33H63NO12S/c1-3-5-7-9-11-12-13-14-16-18-20-22-27(37)32(40)34-25(26(36)21-19-17-15-10-8-6-4-2)24-44-33-30(39)31(46-47(41,42)43)29(38)28(23-35)45-33/h19,21,25-31,33,35-39H,3-18,20,22-24H2,1-2H3,(H,34,40)(H,41,42,43)/b21-19+. The monoisotopic (exact) mass is 697 g/mol. The summed E-state index contributed by atoms with van der Waals surface area (Å²) in [4.78, 5) is 12.9. The molecule has 0 aromatic carbocycles. The molecule has 1 amide bonds. The molecular weight excluding hydrogens is 634 g/mol. The highest BCUT2D eigenvalue weighted by Gasteiger charge is 2.48. The summed E-state index contributed by atoms with van der Waals surface area (Å²) in [5.74, 6) is -0.709. The molecule has 1 aliphatic heterocycles. The molecule has 0 aromatic rings. The Bertz CT molecular complexity index is 937. The molecule has 8 unspecified atom stereocenters. The van der Waals surface area contributed by atoms with Crippen LogP contribution in [0.4, 0.5) is 0 Å². The molecule has 278 valence electrons. The maximum Gasteiger partial charge on any atom is 0.397 e. The molecule has 0 radical (unpaired) electrons. The van der Waals surface area contributed by atoms with Gasteiger partial charge in [0.05, 0.1) is 25.4 Å². The number of unbranched alkanes of at least 4 members (excludes halogenated alkanes) is 15. The van der Waals surface area contributed by atoms with Gasteiger partial charge >= 0.3 is 10.4 Å². The van der Waals surface area contributed by atoms with Crippen LogP contribution in [-0.4, -0.2) is 107 Å². The number of nitrogens with one attached hydrogen (secondary N) is 1. The van der Waals surface area contributed by atoms with Crippen LogP contribution in [0.5, 0.6) is 0 Å². The van der Waals surface area contributed by atoms with Crippen molar-refractivity contribution < 1.29 is 57.0 Å². The molecule has 1 fully saturated rings. The summed E-state index contributed by atoms with van der Waals surface area (Å²) >= 11 is 0. The molecule has 47 heavy (non-hydrogen) atoms. The second kappa shape index (κ2) is 25.7. The van der Waals surface area contributed by atoms with Crippen LogP contribution in [0.1, 0.15) is 129 Å². The van der Waals surface area contributed by atoms with Gasteiger partial charge in [0.15, 0.2) is 6.29 Å². The van der Waals surface area contributed by atoms with Gasteiger partial charge in [-0.25, -0.2) is 4.18 Å². The van der Waals surface area contributed by atoms with Crippen LogP contribution in [0.3, 0.4) is 0 Å². The van der Waals surface area contributed by atoms with E-state index in [1.54, 1.807) is 6.08 Å². The second-order valence-corrected chi connectivity index (χ2v) is 13.7. The number of rotatable bonds is 28. The number of allylic oxidation sites excluding steroid dienone is 1. The third kappa shape index (κ3) is 19.5. The number of carbonyl (C=O) groups excluding carboxylic acids is 1. The van der Waals surface area contributed by atoms with E-state index in [0.29, 0.717) is 12.8 Å². The Balaban J connectivity index is 2.73. The zero-order valence-electron chi connectivity index (χ0n) is 28.5. The van der Waals surface area contributed by atoms with Crippen LogP contribution in [0.15, 0.2) is 12.2 Å². The summed E-state index contributed by atoms with van der Waals surface area (Å²) in [6.07, 6.45) is 10.7. The molecule has 0 aliphatic carbocycles. The van der Waals surface area contributed by atoms with Gasteiger partial charge in [-0.3, -0.25) is 9.35 Å². The summed E-state index contributed by atoms with van der Waals surface area (Å²) in [6, 6.07) is -1.11. The number of ether oxygens (including phenoxy) is 2. The van der Waals surface area contributed by atoms with Crippen LogP contribution in [0.2, 0.25) is 0 Å². The molecule has 8 atom stereocenters. The maximum absolute atomic E-state index is 12.9.